The molecule has 0 saturated carbocycles. The Bertz CT molecular complexity index is 980. The highest BCUT2D eigenvalue weighted by molar-refractivity contribution is 5.91. The Labute approximate surface area is 164 Å². The number of hydrogen-bond acceptors (Lipinski definition) is 4. The summed E-state index contributed by atoms with van der Waals surface area (Å²) in [5, 5.41) is 9.12. The number of imidazole rings is 1. The molecular weight excluding hydrogens is 352 g/mol. The largest absolute Gasteiger partial charge is 0.370 e. The lowest BCUT2D eigenvalue weighted by atomic mass is 10.1. The first kappa shape index (κ1) is 18.3. The van der Waals surface area contributed by atoms with Crippen LogP contribution >= 0.6 is 0 Å². The number of fused-ring (bicyclic) bond motifs is 2. The van der Waals surface area contributed by atoms with Gasteiger partial charge in [-0.15, -0.1) is 0 Å². The van der Waals surface area contributed by atoms with Crippen molar-refractivity contribution in [2.24, 2.45) is 0 Å². The number of nitrogens with zero attached hydrogens (tertiary/aromatic N) is 3. The summed E-state index contributed by atoms with van der Waals surface area (Å²) in [5.41, 5.74) is 4.97. The van der Waals surface area contributed by atoms with Crippen molar-refractivity contribution in [3.05, 3.63) is 47.9 Å². The van der Waals surface area contributed by atoms with E-state index in [1.165, 1.54) is 5.56 Å². The van der Waals surface area contributed by atoms with E-state index < -0.39 is 0 Å². The lowest BCUT2D eigenvalue weighted by molar-refractivity contribution is 0.252. The average molecular weight is 378 g/mol. The van der Waals surface area contributed by atoms with Gasteiger partial charge in [0.05, 0.1) is 17.4 Å². The number of nitrogens with one attached hydrogen (secondary N) is 3. The Kier molecular flexibility index (Phi) is 5.41. The fraction of sp³-hybridized carbons (Fsp3) is 0.381. The zero-order valence-electron chi connectivity index (χ0n) is 16.2. The zero-order valence-corrected chi connectivity index (χ0v) is 16.2. The molecule has 28 heavy (non-hydrogen) atoms. The number of benzene rings is 1. The number of hydrogen-bond donors (Lipinski definition) is 3. The number of anilines is 2. The molecule has 0 fully saturated rings. The summed E-state index contributed by atoms with van der Waals surface area (Å²) in [6, 6.07) is 9.77. The van der Waals surface area contributed by atoms with Gasteiger partial charge in [0, 0.05) is 37.4 Å². The van der Waals surface area contributed by atoms with Gasteiger partial charge >= 0.3 is 6.03 Å². The van der Waals surface area contributed by atoms with E-state index in [0.717, 1.165) is 60.6 Å². The average Bonchev–Trinajstić information content (AvgIpc) is 3.10. The normalized spacial score (nSPS) is 13.0. The Hall–Kier alpha value is -3.09. The van der Waals surface area contributed by atoms with E-state index >= 15 is 0 Å². The smallest absolute Gasteiger partial charge is 0.319 e. The van der Waals surface area contributed by atoms with Crippen molar-refractivity contribution in [1.82, 2.24) is 19.9 Å². The van der Waals surface area contributed by atoms with E-state index in [2.05, 4.69) is 43.5 Å². The van der Waals surface area contributed by atoms with Gasteiger partial charge in [0.2, 0.25) is 0 Å². The summed E-state index contributed by atoms with van der Waals surface area (Å²) >= 11 is 0. The summed E-state index contributed by atoms with van der Waals surface area (Å²) in [6.07, 6.45) is 5.84. The van der Waals surface area contributed by atoms with Crippen LogP contribution in [0.25, 0.3) is 11.0 Å². The van der Waals surface area contributed by atoms with E-state index in [9.17, 15) is 4.79 Å². The summed E-state index contributed by atoms with van der Waals surface area (Å²) in [7, 11) is 0. The van der Waals surface area contributed by atoms with Gasteiger partial charge in [-0.3, -0.25) is 0 Å². The highest BCUT2D eigenvalue weighted by atomic mass is 16.2. The van der Waals surface area contributed by atoms with E-state index in [4.69, 9.17) is 0 Å². The molecule has 1 aliphatic heterocycles. The number of pyridine rings is 1. The number of urea groups is 1. The predicted molar refractivity (Wildman–Crippen MR) is 112 cm³/mol. The first-order valence-corrected chi connectivity index (χ1v) is 9.95. The molecule has 3 aromatic rings. The summed E-state index contributed by atoms with van der Waals surface area (Å²) < 4.78 is 2.12. The standard InChI is InChI=1S/C21H26N6O/c1-2-12-27-14-24-18-13-17(7-8-19(18)27)26-21(28)23-11-9-16-6-5-15-4-3-10-22-20(15)25-16/h5-8,13-14H,2-4,9-12H2,1H3,(H,22,25)(H2,23,26,28). The van der Waals surface area contributed by atoms with Crippen LogP contribution < -0.4 is 16.0 Å². The second kappa shape index (κ2) is 8.29. The maximum Gasteiger partial charge on any atom is 0.319 e. The highest BCUT2D eigenvalue weighted by Gasteiger charge is 2.10. The molecule has 0 unspecified atom stereocenters. The second-order valence-electron chi connectivity index (χ2n) is 7.11. The van der Waals surface area contributed by atoms with E-state index in [1.807, 2.05) is 30.6 Å². The van der Waals surface area contributed by atoms with Crippen LogP contribution in [0.2, 0.25) is 0 Å². The molecule has 1 aromatic carbocycles. The van der Waals surface area contributed by atoms with Gasteiger partial charge in [-0.1, -0.05) is 13.0 Å². The lowest BCUT2D eigenvalue weighted by Gasteiger charge is -2.17. The molecule has 7 nitrogen and oxygen atoms in total. The SMILES string of the molecule is CCCn1cnc2cc(NC(=O)NCCc3ccc4c(n3)NCCC4)ccc21. The van der Waals surface area contributed by atoms with Crippen LogP contribution in [-0.2, 0) is 19.4 Å². The Morgan fingerprint density at radius 3 is 3.11 bits per heavy atom. The van der Waals surface area contributed by atoms with Crippen LogP contribution in [0.15, 0.2) is 36.7 Å². The fourth-order valence-electron chi connectivity index (χ4n) is 3.55. The Morgan fingerprint density at radius 2 is 2.21 bits per heavy atom. The molecule has 0 spiro atoms. The van der Waals surface area contributed by atoms with Gasteiger partial charge in [0.1, 0.15) is 5.82 Å². The Morgan fingerprint density at radius 1 is 1.29 bits per heavy atom. The molecule has 0 saturated heterocycles. The van der Waals surface area contributed by atoms with Crippen molar-refractivity contribution in [1.29, 1.82) is 0 Å². The van der Waals surface area contributed by atoms with Gasteiger partial charge in [-0.05, 0) is 49.1 Å². The third-order valence-electron chi connectivity index (χ3n) is 4.96. The molecule has 0 radical (unpaired) electrons. The molecule has 2 amide bonds. The van der Waals surface area contributed by atoms with E-state index in [1.54, 1.807) is 0 Å². The minimum atomic E-state index is -0.219. The van der Waals surface area contributed by atoms with Crippen LogP contribution in [-0.4, -0.2) is 33.7 Å². The molecule has 3 heterocycles. The minimum absolute atomic E-state index is 0.219. The highest BCUT2D eigenvalue weighted by Crippen LogP contribution is 2.20. The molecule has 3 N–H and O–H groups in total. The monoisotopic (exact) mass is 378 g/mol. The van der Waals surface area contributed by atoms with Crippen LogP contribution in [0.5, 0.6) is 0 Å². The fourth-order valence-corrected chi connectivity index (χ4v) is 3.55. The van der Waals surface area contributed by atoms with Crippen molar-refractivity contribution in [3.8, 4) is 0 Å². The summed E-state index contributed by atoms with van der Waals surface area (Å²) in [6.45, 7) is 4.59. The van der Waals surface area contributed by atoms with Gasteiger partial charge in [-0.2, -0.15) is 0 Å². The maximum atomic E-state index is 12.2. The van der Waals surface area contributed by atoms with Crippen molar-refractivity contribution < 1.29 is 4.79 Å². The lowest BCUT2D eigenvalue weighted by Crippen LogP contribution is -2.30. The van der Waals surface area contributed by atoms with Gasteiger partial charge in [0.15, 0.2) is 0 Å². The quantitative estimate of drug-likeness (QED) is 0.612. The van der Waals surface area contributed by atoms with Crippen LogP contribution in [0.4, 0.5) is 16.3 Å². The van der Waals surface area contributed by atoms with Crippen LogP contribution in [0.3, 0.4) is 0 Å². The number of aromatic nitrogens is 3. The van der Waals surface area contributed by atoms with E-state index in [-0.39, 0.29) is 6.03 Å². The molecule has 2 aromatic heterocycles. The molecule has 4 rings (SSSR count). The number of aryl methyl sites for hydroxylation is 2. The number of amides is 2. The predicted octanol–water partition coefficient (Wildman–Crippen LogP) is 3.56. The number of carbonyl (C=O) groups excluding carboxylic acids is 1. The maximum absolute atomic E-state index is 12.2. The van der Waals surface area contributed by atoms with E-state index in [0.29, 0.717) is 13.0 Å². The van der Waals surface area contributed by atoms with Crippen LogP contribution in [0, 0.1) is 0 Å². The van der Waals surface area contributed by atoms with Gasteiger partial charge < -0.3 is 20.5 Å². The first-order valence-electron chi connectivity index (χ1n) is 9.95. The van der Waals surface area contributed by atoms with Crippen molar-refractivity contribution in [3.63, 3.8) is 0 Å². The first-order chi connectivity index (χ1) is 13.7. The topological polar surface area (TPSA) is 83.9 Å². The Balaban J connectivity index is 1.30. The molecule has 0 atom stereocenters. The van der Waals surface area contributed by atoms with Crippen molar-refractivity contribution in [2.75, 3.05) is 23.7 Å². The van der Waals surface area contributed by atoms with Crippen LogP contribution in [0.1, 0.15) is 31.0 Å². The minimum Gasteiger partial charge on any atom is -0.370 e. The van der Waals surface area contributed by atoms with Crippen molar-refractivity contribution in [2.45, 2.75) is 39.2 Å². The number of rotatable bonds is 6. The van der Waals surface area contributed by atoms with Gasteiger partial charge in [0.25, 0.3) is 0 Å². The summed E-state index contributed by atoms with van der Waals surface area (Å²) in [4.78, 5) is 21.3. The summed E-state index contributed by atoms with van der Waals surface area (Å²) in [5.74, 6) is 0.990. The molecule has 146 valence electrons. The van der Waals surface area contributed by atoms with Crippen molar-refractivity contribution >= 4 is 28.6 Å². The third kappa shape index (κ3) is 4.08. The third-order valence-corrected chi connectivity index (χ3v) is 4.96. The molecule has 1 aliphatic rings. The second-order valence-corrected chi connectivity index (χ2v) is 7.11. The molecule has 0 aliphatic carbocycles. The number of carbonyl (C=O) groups is 1. The molecule has 7 heteroatoms. The molecule has 0 bridgehead atoms. The molecular formula is C21H26N6O. The zero-order chi connectivity index (χ0) is 19.3. The van der Waals surface area contributed by atoms with Gasteiger partial charge in [-0.25, -0.2) is 14.8 Å².